The SMILES string of the molecule is CNS(=O)(=O)c1ccc(OC)c(N(C)S(C)(=O)=O)c1. The van der Waals surface area contributed by atoms with Crippen molar-refractivity contribution in [2.45, 2.75) is 4.90 Å². The zero-order valence-corrected chi connectivity index (χ0v) is 12.7. The van der Waals surface area contributed by atoms with Gasteiger partial charge in [-0.05, 0) is 25.2 Å². The van der Waals surface area contributed by atoms with Crippen LogP contribution in [-0.2, 0) is 20.0 Å². The Morgan fingerprint density at radius 1 is 1.21 bits per heavy atom. The second-order valence-corrected chi connectivity index (χ2v) is 7.67. The highest BCUT2D eigenvalue weighted by Crippen LogP contribution is 2.31. The van der Waals surface area contributed by atoms with Crippen LogP contribution in [0.15, 0.2) is 23.1 Å². The average molecular weight is 308 g/mol. The highest BCUT2D eigenvalue weighted by Gasteiger charge is 2.20. The smallest absolute Gasteiger partial charge is 0.240 e. The largest absolute Gasteiger partial charge is 0.495 e. The molecule has 19 heavy (non-hydrogen) atoms. The molecule has 1 N–H and O–H groups in total. The molecule has 9 heteroatoms. The first-order chi connectivity index (χ1) is 8.63. The predicted molar refractivity (Wildman–Crippen MR) is 72.5 cm³/mol. The molecule has 0 aliphatic rings. The molecule has 0 atom stereocenters. The highest BCUT2D eigenvalue weighted by molar-refractivity contribution is 7.92. The van der Waals surface area contributed by atoms with Crippen LogP contribution in [0.5, 0.6) is 5.75 Å². The van der Waals surface area contributed by atoms with Gasteiger partial charge in [0.1, 0.15) is 5.75 Å². The Balaban J connectivity index is 3.50. The number of rotatable bonds is 5. The molecule has 0 aliphatic carbocycles. The predicted octanol–water partition coefficient (Wildman–Crippen LogP) is -0.000900. The normalized spacial score (nSPS) is 12.2. The van der Waals surface area contributed by atoms with E-state index < -0.39 is 20.0 Å². The van der Waals surface area contributed by atoms with Crippen LogP contribution in [0.1, 0.15) is 0 Å². The van der Waals surface area contributed by atoms with Gasteiger partial charge in [0, 0.05) is 7.05 Å². The van der Waals surface area contributed by atoms with Crippen molar-refractivity contribution in [3.05, 3.63) is 18.2 Å². The van der Waals surface area contributed by atoms with E-state index in [-0.39, 0.29) is 16.3 Å². The van der Waals surface area contributed by atoms with Gasteiger partial charge in [-0.15, -0.1) is 0 Å². The van der Waals surface area contributed by atoms with Gasteiger partial charge in [-0.3, -0.25) is 4.31 Å². The number of hydrogen-bond donors (Lipinski definition) is 1. The summed E-state index contributed by atoms with van der Waals surface area (Å²) in [6.45, 7) is 0. The number of hydrogen-bond acceptors (Lipinski definition) is 5. The van der Waals surface area contributed by atoms with Gasteiger partial charge >= 0.3 is 0 Å². The van der Waals surface area contributed by atoms with Gasteiger partial charge in [-0.2, -0.15) is 0 Å². The Morgan fingerprint density at radius 2 is 1.79 bits per heavy atom. The summed E-state index contributed by atoms with van der Waals surface area (Å²) in [4.78, 5) is -0.0405. The molecule has 0 aromatic heterocycles. The summed E-state index contributed by atoms with van der Waals surface area (Å²) in [6.07, 6.45) is 1.02. The maximum Gasteiger partial charge on any atom is 0.240 e. The Labute approximate surface area is 113 Å². The van der Waals surface area contributed by atoms with E-state index in [1.165, 1.54) is 39.4 Å². The molecule has 0 saturated heterocycles. The van der Waals surface area contributed by atoms with Crippen molar-refractivity contribution in [3.8, 4) is 5.75 Å². The molecule has 0 heterocycles. The molecule has 0 radical (unpaired) electrons. The summed E-state index contributed by atoms with van der Waals surface area (Å²) in [5, 5.41) is 0. The van der Waals surface area contributed by atoms with Crippen LogP contribution in [0.25, 0.3) is 0 Å². The number of sulfonamides is 2. The van der Waals surface area contributed by atoms with Crippen LogP contribution >= 0.6 is 0 Å². The Kier molecular flexibility index (Phi) is 4.43. The fourth-order valence-corrected chi connectivity index (χ4v) is 2.63. The van der Waals surface area contributed by atoms with Crippen molar-refractivity contribution in [1.82, 2.24) is 4.72 Å². The van der Waals surface area contributed by atoms with E-state index in [9.17, 15) is 16.8 Å². The number of nitrogens with one attached hydrogen (secondary N) is 1. The van der Waals surface area contributed by atoms with E-state index in [0.717, 1.165) is 10.6 Å². The molecule has 0 unspecified atom stereocenters. The van der Waals surface area contributed by atoms with Crippen LogP contribution < -0.4 is 13.8 Å². The fraction of sp³-hybridized carbons (Fsp3) is 0.400. The third-order valence-corrected chi connectivity index (χ3v) is 5.17. The Hall–Kier alpha value is -1.32. The molecule has 7 nitrogen and oxygen atoms in total. The number of benzene rings is 1. The molecular formula is C10H16N2O5S2. The minimum atomic E-state index is -3.65. The average Bonchev–Trinajstić information content (AvgIpc) is 2.35. The summed E-state index contributed by atoms with van der Waals surface area (Å²) in [5.41, 5.74) is 0.154. The van der Waals surface area contributed by atoms with Crippen LogP contribution in [-0.4, -0.2) is 44.3 Å². The maximum atomic E-state index is 11.7. The first-order valence-corrected chi connectivity index (χ1v) is 8.52. The summed E-state index contributed by atoms with van der Waals surface area (Å²) in [7, 11) is -3.20. The van der Waals surface area contributed by atoms with Crippen LogP contribution in [0.4, 0.5) is 5.69 Å². The molecule has 0 amide bonds. The lowest BCUT2D eigenvalue weighted by atomic mass is 10.3. The quantitative estimate of drug-likeness (QED) is 0.826. The molecule has 0 spiro atoms. The second-order valence-electron chi connectivity index (χ2n) is 3.77. The van der Waals surface area contributed by atoms with Crippen LogP contribution in [0.2, 0.25) is 0 Å². The Bertz CT molecular complexity index is 667. The Morgan fingerprint density at radius 3 is 2.21 bits per heavy atom. The van der Waals surface area contributed by atoms with Gasteiger partial charge in [0.15, 0.2) is 0 Å². The third-order valence-electron chi connectivity index (χ3n) is 2.57. The van der Waals surface area contributed by atoms with Gasteiger partial charge in [-0.1, -0.05) is 0 Å². The van der Waals surface area contributed by atoms with E-state index >= 15 is 0 Å². The molecule has 0 saturated carbocycles. The topological polar surface area (TPSA) is 92.8 Å². The molecule has 1 rings (SSSR count). The molecule has 0 fully saturated rings. The van der Waals surface area contributed by atoms with Gasteiger partial charge in [0.2, 0.25) is 20.0 Å². The summed E-state index contributed by atoms with van der Waals surface area (Å²) in [5.74, 6) is 0.267. The van der Waals surface area contributed by atoms with Crippen molar-refractivity contribution in [2.24, 2.45) is 0 Å². The molecule has 1 aromatic rings. The molecule has 108 valence electrons. The van der Waals surface area contributed by atoms with E-state index in [1.807, 2.05) is 0 Å². The van der Waals surface area contributed by atoms with E-state index in [0.29, 0.717) is 0 Å². The minimum Gasteiger partial charge on any atom is -0.495 e. The van der Waals surface area contributed by atoms with E-state index in [1.54, 1.807) is 0 Å². The van der Waals surface area contributed by atoms with Crippen molar-refractivity contribution >= 4 is 25.7 Å². The monoisotopic (exact) mass is 308 g/mol. The van der Waals surface area contributed by atoms with Crippen molar-refractivity contribution in [1.29, 1.82) is 0 Å². The second kappa shape index (κ2) is 5.35. The summed E-state index contributed by atoms with van der Waals surface area (Å²) < 4.78 is 54.6. The number of nitrogens with zero attached hydrogens (tertiary/aromatic N) is 1. The summed E-state index contributed by atoms with van der Waals surface area (Å²) >= 11 is 0. The third kappa shape index (κ3) is 3.37. The van der Waals surface area contributed by atoms with E-state index in [4.69, 9.17) is 4.74 Å². The fourth-order valence-electron chi connectivity index (χ4n) is 1.38. The highest BCUT2D eigenvalue weighted by atomic mass is 32.2. The summed E-state index contributed by atoms with van der Waals surface area (Å²) in [6, 6.07) is 3.98. The van der Waals surface area contributed by atoms with Crippen molar-refractivity contribution in [2.75, 3.05) is 31.8 Å². The van der Waals surface area contributed by atoms with E-state index in [2.05, 4.69) is 4.72 Å². The van der Waals surface area contributed by atoms with Gasteiger partial charge < -0.3 is 4.74 Å². The standard InChI is InChI=1S/C10H16N2O5S2/c1-11-19(15,16)8-5-6-10(17-3)9(7-8)12(2)18(4,13)14/h5-7,11H,1-4H3. The zero-order chi connectivity index (χ0) is 14.8. The molecule has 0 bridgehead atoms. The molecule has 1 aromatic carbocycles. The van der Waals surface area contributed by atoms with Crippen molar-refractivity contribution in [3.63, 3.8) is 0 Å². The first kappa shape index (κ1) is 15.7. The zero-order valence-electron chi connectivity index (χ0n) is 11.0. The number of ether oxygens (including phenoxy) is 1. The maximum absolute atomic E-state index is 11.7. The van der Waals surface area contributed by atoms with Crippen LogP contribution in [0, 0.1) is 0 Å². The van der Waals surface area contributed by atoms with Gasteiger partial charge in [0.05, 0.1) is 23.9 Å². The van der Waals surface area contributed by atoms with Crippen LogP contribution in [0.3, 0.4) is 0 Å². The van der Waals surface area contributed by atoms with Crippen molar-refractivity contribution < 1.29 is 21.6 Å². The first-order valence-electron chi connectivity index (χ1n) is 5.19. The van der Waals surface area contributed by atoms with Gasteiger partial charge in [0.25, 0.3) is 0 Å². The van der Waals surface area contributed by atoms with Gasteiger partial charge in [-0.25, -0.2) is 21.6 Å². The lowest BCUT2D eigenvalue weighted by molar-refractivity contribution is 0.415. The lowest BCUT2D eigenvalue weighted by Crippen LogP contribution is -2.26. The number of anilines is 1. The molecular weight excluding hydrogens is 292 g/mol. The lowest BCUT2D eigenvalue weighted by Gasteiger charge is -2.20. The molecule has 0 aliphatic heterocycles. The number of methoxy groups -OCH3 is 1. The minimum absolute atomic E-state index is 0.0405.